The molecule has 1 saturated heterocycles. The molecule has 1 aromatic rings. The maximum Gasteiger partial charge on any atom is 0.187 e. The van der Waals surface area contributed by atoms with Gasteiger partial charge >= 0.3 is 0 Å². The number of piperidine rings is 1. The number of aromatic nitrogens is 1. The van der Waals surface area contributed by atoms with Gasteiger partial charge in [-0.2, -0.15) is 0 Å². The van der Waals surface area contributed by atoms with Crippen molar-refractivity contribution in [3.05, 3.63) is 10.0 Å². The molecule has 5 heteroatoms. The van der Waals surface area contributed by atoms with Crippen LogP contribution in [-0.4, -0.2) is 22.7 Å². The number of fused-ring (bicyclic) bond motifs is 1. The highest BCUT2D eigenvalue weighted by molar-refractivity contribution is 7.16. The summed E-state index contributed by atoms with van der Waals surface area (Å²) in [5, 5.41) is 10.7. The molecule has 94 valence electrons. The van der Waals surface area contributed by atoms with Crippen molar-refractivity contribution in [2.75, 3.05) is 11.4 Å². The summed E-state index contributed by atoms with van der Waals surface area (Å²) >= 11 is 7.57. The first kappa shape index (κ1) is 11.8. The fourth-order valence-electron chi connectivity index (χ4n) is 3.23. The van der Waals surface area contributed by atoms with E-state index in [1.807, 2.05) is 0 Å². The summed E-state index contributed by atoms with van der Waals surface area (Å²) in [5.74, 6) is 0.851. The Kier molecular flexibility index (Phi) is 3.28. The van der Waals surface area contributed by atoms with Crippen LogP contribution in [0.25, 0.3) is 0 Å². The lowest BCUT2D eigenvalue weighted by Crippen LogP contribution is -2.42. The monoisotopic (exact) mass is 272 g/mol. The molecule has 2 heterocycles. The number of halogens is 1. The summed E-state index contributed by atoms with van der Waals surface area (Å²) in [6.07, 6.45) is 6.63. The number of nitrogens with zero attached hydrogens (tertiary/aromatic N) is 2. The van der Waals surface area contributed by atoms with E-state index in [0.29, 0.717) is 11.2 Å². The maximum absolute atomic E-state index is 9.19. The van der Waals surface area contributed by atoms with E-state index in [9.17, 15) is 5.11 Å². The van der Waals surface area contributed by atoms with Gasteiger partial charge in [0.2, 0.25) is 0 Å². The topological polar surface area (TPSA) is 36.4 Å². The molecule has 2 atom stereocenters. The molecule has 3 nitrogen and oxygen atoms in total. The average Bonchev–Trinajstić information content (AvgIpc) is 2.94. The van der Waals surface area contributed by atoms with Crippen molar-refractivity contribution in [1.29, 1.82) is 0 Å². The SMILES string of the molecule is OCc1sc(N2CCCC3CCCC32)nc1Cl. The third kappa shape index (κ3) is 2.07. The number of aliphatic hydroxyl groups is 1. The fourth-order valence-corrected chi connectivity index (χ4v) is 4.43. The maximum atomic E-state index is 9.19. The van der Waals surface area contributed by atoms with Crippen LogP contribution in [0.1, 0.15) is 37.0 Å². The Morgan fingerprint density at radius 2 is 2.18 bits per heavy atom. The van der Waals surface area contributed by atoms with Crippen LogP contribution in [0.2, 0.25) is 5.15 Å². The van der Waals surface area contributed by atoms with E-state index >= 15 is 0 Å². The second kappa shape index (κ2) is 4.75. The smallest absolute Gasteiger partial charge is 0.187 e. The van der Waals surface area contributed by atoms with Gasteiger partial charge in [-0.3, -0.25) is 0 Å². The van der Waals surface area contributed by atoms with Crippen LogP contribution in [0.15, 0.2) is 0 Å². The van der Waals surface area contributed by atoms with E-state index < -0.39 is 0 Å². The molecule has 0 bridgehead atoms. The summed E-state index contributed by atoms with van der Waals surface area (Å²) < 4.78 is 0. The second-order valence-corrected chi connectivity index (χ2v) is 6.38. The Balaban J connectivity index is 1.86. The van der Waals surface area contributed by atoms with Crippen molar-refractivity contribution in [3.63, 3.8) is 0 Å². The Hall–Kier alpha value is -0.320. The van der Waals surface area contributed by atoms with Gasteiger partial charge in [-0.25, -0.2) is 4.98 Å². The van der Waals surface area contributed by atoms with Gasteiger partial charge in [0.15, 0.2) is 5.13 Å². The lowest BCUT2D eigenvalue weighted by molar-refractivity contribution is 0.285. The van der Waals surface area contributed by atoms with Crippen LogP contribution < -0.4 is 4.90 Å². The van der Waals surface area contributed by atoms with Crippen molar-refractivity contribution >= 4 is 28.1 Å². The summed E-state index contributed by atoms with van der Waals surface area (Å²) in [4.78, 5) is 7.64. The first-order chi connectivity index (χ1) is 8.29. The number of rotatable bonds is 2. The molecular formula is C12H17ClN2OS. The summed E-state index contributed by atoms with van der Waals surface area (Å²) in [5.41, 5.74) is 0. The van der Waals surface area contributed by atoms with E-state index in [4.69, 9.17) is 11.6 Å². The van der Waals surface area contributed by atoms with E-state index in [0.717, 1.165) is 22.5 Å². The Bertz CT molecular complexity index is 409. The molecule has 0 radical (unpaired) electrons. The zero-order valence-corrected chi connectivity index (χ0v) is 11.3. The van der Waals surface area contributed by atoms with Gasteiger partial charge in [0.1, 0.15) is 5.15 Å². The molecule has 0 aromatic carbocycles. The average molecular weight is 273 g/mol. The highest BCUT2D eigenvalue weighted by atomic mass is 35.5. The normalized spacial score (nSPS) is 28.5. The molecule has 17 heavy (non-hydrogen) atoms. The zero-order chi connectivity index (χ0) is 11.8. The van der Waals surface area contributed by atoms with Gasteiger partial charge in [0.05, 0.1) is 11.5 Å². The quantitative estimate of drug-likeness (QED) is 0.899. The van der Waals surface area contributed by atoms with Gasteiger partial charge < -0.3 is 10.0 Å². The summed E-state index contributed by atoms with van der Waals surface area (Å²) in [6.45, 7) is 1.09. The Morgan fingerprint density at radius 1 is 1.35 bits per heavy atom. The van der Waals surface area contributed by atoms with Crippen LogP contribution in [-0.2, 0) is 6.61 Å². The van der Waals surface area contributed by atoms with Crippen molar-refractivity contribution in [3.8, 4) is 0 Å². The largest absolute Gasteiger partial charge is 0.391 e. The number of hydrogen-bond donors (Lipinski definition) is 1. The molecule has 1 saturated carbocycles. The molecule has 1 aromatic heterocycles. The van der Waals surface area contributed by atoms with Crippen molar-refractivity contribution in [2.24, 2.45) is 5.92 Å². The van der Waals surface area contributed by atoms with Gasteiger partial charge in [-0.05, 0) is 31.6 Å². The molecule has 0 amide bonds. The van der Waals surface area contributed by atoms with E-state index in [1.165, 1.54) is 32.1 Å². The standard InChI is InChI=1S/C12H17ClN2OS/c13-11-10(7-16)17-12(14-11)15-6-2-4-8-3-1-5-9(8)15/h8-9,16H,1-7H2. The van der Waals surface area contributed by atoms with E-state index in [2.05, 4.69) is 9.88 Å². The number of anilines is 1. The summed E-state index contributed by atoms with van der Waals surface area (Å²) in [6, 6.07) is 0.664. The van der Waals surface area contributed by atoms with Crippen molar-refractivity contribution in [1.82, 2.24) is 4.98 Å². The lowest BCUT2D eigenvalue weighted by atomic mass is 9.92. The second-order valence-electron chi connectivity index (χ2n) is 4.96. The molecule has 2 unspecified atom stereocenters. The minimum Gasteiger partial charge on any atom is -0.391 e. The predicted molar refractivity (Wildman–Crippen MR) is 70.8 cm³/mol. The first-order valence-electron chi connectivity index (χ1n) is 6.32. The zero-order valence-electron chi connectivity index (χ0n) is 9.73. The van der Waals surface area contributed by atoms with Gasteiger partial charge in [-0.1, -0.05) is 29.4 Å². The predicted octanol–water partition coefficient (Wildman–Crippen LogP) is 3.06. The molecule has 2 aliphatic rings. The highest BCUT2D eigenvalue weighted by Gasteiger charge is 2.36. The third-order valence-electron chi connectivity index (χ3n) is 4.02. The van der Waals surface area contributed by atoms with Gasteiger partial charge in [0.25, 0.3) is 0 Å². The first-order valence-corrected chi connectivity index (χ1v) is 7.51. The molecule has 1 N–H and O–H groups in total. The Morgan fingerprint density at radius 3 is 2.94 bits per heavy atom. The fraction of sp³-hybridized carbons (Fsp3) is 0.750. The van der Waals surface area contributed by atoms with Crippen molar-refractivity contribution in [2.45, 2.75) is 44.8 Å². The molecule has 2 fully saturated rings. The molecule has 1 aliphatic carbocycles. The molecule has 0 spiro atoms. The van der Waals surface area contributed by atoms with E-state index in [-0.39, 0.29) is 6.61 Å². The van der Waals surface area contributed by atoms with E-state index in [1.54, 1.807) is 11.3 Å². The number of thiazole rings is 1. The van der Waals surface area contributed by atoms with Crippen LogP contribution in [0.3, 0.4) is 0 Å². The minimum absolute atomic E-state index is 0.00155. The number of aliphatic hydroxyl groups excluding tert-OH is 1. The Labute approximate surface area is 110 Å². The van der Waals surface area contributed by atoms with Crippen LogP contribution in [0, 0.1) is 5.92 Å². The molecule has 1 aliphatic heterocycles. The van der Waals surface area contributed by atoms with Gasteiger partial charge in [-0.15, -0.1) is 0 Å². The molecule has 3 rings (SSSR count). The number of hydrogen-bond acceptors (Lipinski definition) is 4. The highest BCUT2D eigenvalue weighted by Crippen LogP contribution is 2.41. The minimum atomic E-state index is -0.00155. The summed E-state index contributed by atoms with van der Waals surface area (Å²) in [7, 11) is 0. The van der Waals surface area contributed by atoms with Gasteiger partial charge in [0, 0.05) is 12.6 Å². The van der Waals surface area contributed by atoms with Crippen LogP contribution in [0.4, 0.5) is 5.13 Å². The van der Waals surface area contributed by atoms with Crippen LogP contribution in [0.5, 0.6) is 0 Å². The van der Waals surface area contributed by atoms with Crippen molar-refractivity contribution < 1.29 is 5.11 Å². The van der Waals surface area contributed by atoms with Crippen LogP contribution >= 0.6 is 22.9 Å². The lowest BCUT2D eigenvalue weighted by Gasteiger charge is -2.37. The molecular weight excluding hydrogens is 256 g/mol. The third-order valence-corrected chi connectivity index (χ3v) is 5.52.